The van der Waals surface area contributed by atoms with E-state index in [1.165, 1.54) is 31.0 Å². The van der Waals surface area contributed by atoms with E-state index in [0.717, 1.165) is 12.8 Å². The Balaban J connectivity index is 2.76. The summed E-state index contributed by atoms with van der Waals surface area (Å²) in [6.45, 7) is 2.02. The molecule has 100 valence electrons. The highest BCUT2D eigenvalue weighted by Gasteiger charge is 2.20. The predicted molar refractivity (Wildman–Crippen MR) is 72.8 cm³/mol. The summed E-state index contributed by atoms with van der Waals surface area (Å²) < 4.78 is 4.89. The number of carbonyl (C=O) groups excluding carboxylic acids is 1. The van der Waals surface area contributed by atoms with Gasteiger partial charge in [-0.2, -0.15) is 5.26 Å². The third-order valence-corrected chi connectivity index (χ3v) is 3.69. The Kier molecular flexibility index (Phi) is 6.66. The monoisotopic (exact) mass is 268 g/mol. The molecule has 18 heavy (non-hydrogen) atoms. The van der Waals surface area contributed by atoms with Gasteiger partial charge in [0.15, 0.2) is 5.57 Å². The molecule has 1 fully saturated rings. The Morgan fingerprint density at radius 2 is 2.11 bits per heavy atom. The van der Waals surface area contributed by atoms with Crippen molar-refractivity contribution < 1.29 is 9.53 Å². The molecule has 1 aliphatic carbocycles. The SMILES string of the molecule is CCOC(=O)/C(C#N)=C(\NC1CCCCC1)SC. The van der Waals surface area contributed by atoms with E-state index < -0.39 is 5.97 Å². The first-order chi connectivity index (χ1) is 8.72. The largest absolute Gasteiger partial charge is 0.462 e. The molecule has 0 amide bonds. The average molecular weight is 268 g/mol. The van der Waals surface area contributed by atoms with Gasteiger partial charge in [0.05, 0.1) is 11.6 Å². The van der Waals surface area contributed by atoms with Crippen LogP contribution in [0.5, 0.6) is 0 Å². The third kappa shape index (κ3) is 4.26. The minimum Gasteiger partial charge on any atom is -0.462 e. The summed E-state index contributed by atoms with van der Waals surface area (Å²) in [7, 11) is 0. The summed E-state index contributed by atoms with van der Waals surface area (Å²) >= 11 is 1.40. The van der Waals surface area contributed by atoms with Crippen molar-refractivity contribution in [1.82, 2.24) is 5.32 Å². The van der Waals surface area contributed by atoms with Gasteiger partial charge in [0.1, 0.15) is 6.07 Å². The van der Waals surface area contributed by atoms with Crippen molar-refractivity contribution in [2.75, 3.05) is 12.9 Å². The number of hydrogen-bond acceptors (Lipinski definition) is 5. The van der Waals surface area contributed by atoms with Crippen molar-refractivity contribution in [3.63, 3.8) is 0 Å². The maximum absolute atomic E-state index is 11.7. The minimum absolute atomic E-state index is 0.0925. The first kappa shape index (κ1) is 14.9. The number of rotatable bonds is 5. The summed E-state index contributed by atoms with van der Waals surface area (Å²) in [6.07, 6.45) is 7.76. The second-order valence-corrected chi connectivity index (χ2v) is 5.04. The quantitative estimate of drug-likeness (QED) is 0.472. The van der Waals surface area contributed by atoms with Crippen LogP contribution < -0.4 is 5.32 Å². The van der Waals surface area contributed by atoms with Gasteiger partial charge in [0, 0.05) is 6.04 Å². The van der Waals surface area contributed by atoms with Crippen molar-refractivity contribution in [1.29, 1.82) is 5.26 Å². The van der Waals surface area contributed by atoms with Gasteiger partial charge >= 0.3 is 5.97 Å². The highest BCUT2D eigenvalue weighted by Crippen LogP contribution is 2.22. The van der Waals surface area contributed by atoms with Crippen LogP contribution in [0, 0.1) is 11.3 Å². The zero-order valence-electron chi connectivity index (χ0n) is 11.0. The van der Waals surface area contributed by atoms with Gasteiger partial charge in [0.2, 0.25) is 0 Å². The van der Waals surface area contributed by atoms with Crippen LogP contribution in [-0.4, -0.2) is 24.9 Å². The minimum atomic E-state index is -0.535. The Bertz CT molecular complexity index is 354. The van der Waals surface area contributed by atoms with Crippen LogP contribution in [0.4, 0.5) is 0 Å². The molecule has 0 aromatic rings. The molecule has 0 aromatic heterocycles. The molecule has 1 aliphatic rings. The van der Waals surface area contributed by atoms with Crippen molar-refractivity contribution in [3.8, 4) is 6.07 Å². The summed E-state index contributed by atoms with van der Waals surface area (Å²) in [5, 5.41) is 13.0. The maximum atomic E-state index is 11.7. The summed E-state index contributed by atoms with van der Waals surface area (Å²) in [6, 6.07) is 2.32. The molecule has 0 radical (unpaired) electrons. The van der Waals surface area contributed by atoms with E-state index in [2.05, 4.69) is 5.32 Å². The molecule has 1 saturated carbocycles. The Hall–Kier alpha value is -1.15. The van der Waals surface area contributed by atoms with Gasteiger partial charge in [-0.3, -0.25) is 0 Å². The van der Waals surface area contributed by atoms with Crippen LogP contribution >= 0.6 is 11.8 Å². The van der Waals surface area contributed by atoms with Crippen LogP contribution in [0.3, 0.4) is 0 Å². The third-order valence-electron chi connectivity index (χ3n) is 2.96. The fourth-order valence-corrected chi connectivity index (χ4v) is 2.68. The number of thioether (sulfide) groups is 1. The van der Waals surface area contributed by atoms with E-state index in [1.54, 1.807) is 6.92 Å². The molecular formula is C13H20N2O2S. The zero-order valence-corrected chi connectivity index (χ0v) is 11.8. The lowest BCUT2D eigenvalue weighted by atomic mass is 9.96. The van der Waals surface area contributed by atoms with E-state index in [9.17, 15) is 4.79 Å². The normalized spacial score (nSPS) is 17.6. The van der Waals surface area contributed by atoms with Gasteiger partial charge in [-0.05, 0) is 26.0 Å². The van der Waals surface area contributed by atoms with E-state index >= 15 is 0 Å². The molecule has 0 heterocycles. The zero-order chi connectivity index (χ0) is 13.4. The van der Waals surface area contributed by atoms with E-state index in [4.69, 9.17) is 10.00 Å². The molecular weight excluding hydrogens is 248 g/mol. The lowest BCUT2D eigenvalue weighted by Gasteiger charge is -2.25. The fraction of sp³-hybridized carbons (Fsp3) is 0.692. The number of nitrogens with zero attached hydrogens (tertiary/aromatic N) is 1. The Morgan fingerprint density at radius 1 is 1.44 bits per heavy atom. The molecule has 0 aromatic carbocycles. The first-order valence-corrected chi connectivity index (χ1v) is 7.57. The van der Waals surface area contributed by atoms with Gasteiger partial charge in [-0.15, -0.1) is 11.8 Å². The summed E-state index contributed by atoms with van der Waals surface area (Å²) in [5.41, 5.74) is 0.0925. The Morgan fingerprint density at radius 3 is 2.61 bits per heavy atom. The lowest BCUT2D eigenvalue weighted by molar-refractivity contribution is -0.138. The Labute approximate surface area is 113 Å². The molecule has 0 unspecified atom stereocenters. The number of ether oxygens (including phenoxy) is 1. The van der Waals surface area contributed by atoms with Crippen molar-refractivity contribution >= 4 is 17.7 Å². The fourth-order valence-electron chi connectivity index (χ4n) is 2.06. The second-order valence-electron chi connectivity index (χ2n) is 4.22. The van der Waals surface area contributed by atoms with Gasteiger partial charge in [0.25, 0.3) is 0 Å². The van der Waals surface area contributed by atoms with E-state index in [-0.39, 0.29) is 12.2 Å². The number of carbonyl (C=O) groups is 1. The molecule has 0 aliphatic heterocycles. The van der Waals surface area contributed by atoms with E-state index in [1.807, 2.05) is 12.3 Å². The van der Waals surface area contributed by atoms with Crippen LogP contribution in [0.15, 0.2) is 10.6 Å². The molecule has 4 nitrogen and oxygen atoms in total. The molecule has 0 spiro atoms. The van der Waals surface area contributed by atoms with E-state index in [0.29, 0.717) is 11.1 Å². The number of esters is 1. The molecule has 0 atom stereocenters. The smallest absolute Gasteiger partial charge is 0.351 e. The summed E-state index contributed by atoms with van der Waals surface area (Å²) in [5.74, 6) is -0.535. The van der Waals surface area contributed by atoms with Gasteiger partial charge in [-0.1, -0.05) is 19.3 Å². The molecule has 1 N–H and O–H groups in total. The van der Waals surface area contributed by atoms with Gasteiger partial charge in [-0.25, -0.2) is 4.79 Å². The molecule has 5 heteroatoms. The number of nitriles is 1. The predicted octanol–water partition coefficient (Wildman–Crippen LogP) is 2.57. The van der Waals surface area contributed by atoms with Crippen LogP contribution in [0.2, 0.25) is 0 Å². The highest BCUT2D eigenvalue weighted by atomic mass is 32.2. The first-order valence-electron chi connectivity index (χ1n) is 6.35. The standard InChI is InChI=1S/C13H20N2O2S/c1-3-17-13(16)11(9-14)12(18-2)15-10-7-5-4-6-8-10/h10,15H,3-8H2,1-2H3/b12-11+. The molecule has 1 rings (SSSR count). The highest BCUT2D eigenvalue weighted by molar-refractivity contribution is 8.02. The average Bonchev–Trinajstić information content (AvgIpc) is 2.40. The lowest BCUT2D eigenvalue weighted by Crippen LogP contribution is -2.31. The maximum Gasteiger partial charge on any atom is 0.351 e. The van der Waals surface area contributed by atoms with Gasteiger partial charge < -0.3 is 10.1 Å². The van der Waals surface area contributed by atoms with Crippen LogP contribution in [-0.2, 0) is 9.53 Å². The molecule has 0 bridgehead atoms. The van der Waals surface area contributed by atoms with Crippen LogP contribution in [0.25, 0.3) is 0 Å². The van der Waals surface area contributed by atoms with Crippen molar-refractivity contribution in [2.24, 2.45) is 0 Å². The van der Waals surface area contributed by atoms with Crippen molar-refractivity contribution in [3.05, 3.63) is 10.6 Å². The number of hydrogen-bond donors (Lipinski definition) is 1. The summed E-state index contributed by atoms with van der Waals surface area (Å²) in [4.78, 5) is 11.7. The molecule has 0 saturated heterocycles. The van der Waals surface area contributed by atoms with Crippen LogP contribution in [0.1, 0.15) is 39.0 Å². The topological polar surface area (TPSA) is 62.1 Å². The number of nitrogens with one attached hydrogen (secondary N) is 1. The second kappa shape index (κ2) is 8.04. The van der Waals surface area contributed by atoms with Crippen molar-refractivity contribution in [2.45, 2.75) is 45.1 Å².